The van der Waals surface area contributed by atoms with E-state index in [9.17, 15) is 19.2 Å². The molecule has 4 saturated carbocycles. The predicted octanol–water partition coefficient (Wildman–Crippen LogP) is 13.2. The number of nitrogens with zero attached hydrogens (tertiary/aromatic N) is 8. The molecule has 12 aliphatic rings. The lowest BCUT2D eigenvalue weighted by Gasteiger charge is -2.45. The monoisotopic (exact) mass is 1690 g/mol. The van der Waals surface area contributed by atoms with Gasteiger partial charge in [-0.05, 0) is 268 Å². The van der Waals surface area contributed by atoms with Crippen molar-refractivity contribution >= 4 is 93.9 Å². The molecule has 24 nitrogen and oxygen atoms in total. The lowest BCUT2D eigenvalue weighted by atomic mass is 9.61. The summed E-state index contributed by atoms with van der Waals surface area (Å²) in [7, 11) is 17.2. The van der Waals surface area contributed by atoms with E-state index in [1.54, 1.807) is 83.0 Å². The van der Waals surface area contributed by atoms with Crippen LogP contribution in [0.3, 0.4) is 0 Å². The van der Waals surface area contributed by atoms with Crippen molar-refractivity contribution in [1.82, 2.24) is 19.6 Å². The van der Waals surface area contributed by atoms with Crippen molar-refractivity contribution in [1.29, 1.82) is 0 Å². The number of hydrogen-bond donors (Lipinski definition) is 4. The fraction of sp³-hybridized carbons (Fsp3) is 0.511. The largest absolute Gasteiger partial charge is 0.491 e. The highest BCUT2D eigenvalue weighted by atomic mass is 35.5. The van der Waals surface area contributed by atoms with E-state index >= 15 is 0 Å². The molecule has 4 fully saturated rings. The van der Waals surface area contributed by atoms with E-state index in [1.165, 1.54) is 19.6 Å². The number of likely N-dealkylation sites (N-methyl/N-ethyl adjacent to an activating group) is 4. The van der Waals surface area contributed by atoms with Gasteiger partial charge in [-0.15, -0.1) is 0 Å². The van der Waals surface area contributed by atoms with Gasteiger partial charge < -0.3 is 60.8 Å². The van der Waals surface area contributed by atoms with Crippen LogP contribution in [0.25, 0.3) is 22.3 Å². The van der Waals surface area contributed by atoms with Gasteiger partial charge in [0.15, 0.2) is 46.0 Å². The fourth-order valence-electron chi connectivity index (χ4n) is 22.1. The van der Waals surface area contributed by atoms with Crippen LogP contribution in [0.15, 0.2) is 129 Å². The molecule has 118 heavy (non-hydrogen) atoms. The number of fused-ring (bicyclic) bond motifs is 12. The number of halogens is 4. The van der Waals surface area contributed by atoms with Gasteiger partial charge in [-0.1, -0.05) is 82.8 Å². The maximum atomic E-state index is 13.7. The highest BCUT2D eigenvalue weighted by Gasteiger charge is 2.71. The average Bonchev–Trinajstić information content (AvgIpc) is 1.54. The standard InChI is InChI=1S/2C24H25Cl2N3O2.2C21H29N3O4/c2*1-29-21(30)24(28-22(29)27)20-11-14(16-9-17(25)12-18(26)10-16)3-4-15(20)13-23(24)7-5-19(31-2)6-8-23;2*1-24-18(25)21(23-19(24)22)17-12-16(28-11-10-26-2)5-4-14(17)13-20(21)8-6-15(27-3)7-9-20/h2*3-4,9-12,19H,5-8,13H2,1-2H3,(H2,27,28);2*4-5,12,15H,6-11,13H2,1-3H3,(H2,22,23)/t2*19?,23?,24-;2*15?,20?,21-/m1010/s1. The van der Waals surface area contributed by atoms with Crippen LogP contribution in [0.1, 0.15) is 147 Å². The molecule has 4 aliphatic heterocycles. The minimum Gasteiger partial charge on any atom is -0.491 e. The van der Waals surface area contributed by atoms with Crippen LogP contribution in [0.5, 0.6) is 11.5 Å². The number of benzene rings is 6. The first-order valence-electron chi connectivity index (χ1n) is 40.9. The number of methoxy groups -OCH3 is 6. The second-order valence-corrected chi connectivity index (χ2v) is 35.9. The topological polar surface area (TPSA) is 309 Å². The summed E-state index contributed by atoms with van der Waals surface area (Å²) in [5, 5.41) is 2.30. The molecule has 4 atom stereocenters. The molecule has 18 rings (SSSR count). The van der Waals surface area contributed by atoms with E-state index in [2.05, 4.69) is 48.5 Å². The van der Waals surface area contributed by atoms with Gasteiger partial charge >= 0.3 is 0 Å². The van der Waals surface area contributed by atoms with Crippen molar-refractivity contribution in [3.8, 4) is 33.8 Å². The van der Waals surface area contributed by atoms with Crippen molar-refractivity contribution in [2.75, 3.05) is 97.3 Å². The lowest BCUT2D eigenvalue weighted by molar-refractivity contribution is -0.138. The van der Waals surface area contributed by atoms with E-state index in [4.69, 9.17) is 127 Å². The summed E-state index contributed by atoms with van der Waals surface area (Å²) in [5.74, 6) is 2.45. The van der Waals surface area contributed by atoms with Gasteiger partial charge in [-0.2, -0.15) is 0 Å². The summed E-state index contributed by atoms with van der Waals surface area (Å²) in [6.07, 6.45) is 18.6. The molecule has 6 aromatic rings. The van der Waals surface area contributed by atoms with E-state index in [0.29, 0.717) is 46.5 Å². The van der Waals surface area contributed by atoms with Crippen molar-refractivity contribution in [2.24, 2.45) is 64.6 Å². The third-order valence-electron chi connectivity index (χ3n) is 28.5. The SMILES string of the molecule is COC1CCC2(CC1)Cc1ccc(-c3cc(Cl)cc(Cl)c3)cc1[C@@]21N=C(N)N(C)C1=O.COC1CCC2(CC1)Cc1ccc(-c3cc(Cl)cc(Cl)c3)cc1[C@]21N=C(N)N(C)C1=O.COCCOc1ccc2c(c1)[C@@]1(N=C(N)N(C)C1=O)C1(CCC(OC)CC1)C2.COCCOc1ccc2c(c1)[C@]1(N=C(N)N(C)C1=O)C1(CCC(OC)CC1)C2. The minimum atomic E-state index is -0.988. The highest BCUT2D eigenvalue weighted by Crippen LogP contribution is 2.67. The molecule has 0 unspecified atom stereocenters. The number of nitrogens with two attached hydrogens (primary N) is 4. The van der Waals surface area contributed by atoms with Crippen LogP contribution in [0, 0.1) is 21.7 Å². The van der Waals surface area contributed by atoms with Gasteiger partial charge in [0.05, 0.1) is 37.6 Å². The molecule has 6 aromatic carbocycles. The van der Waals surface area contributed by atoms with Crippen LogP contribution >= 0.6 is 46.4 Å². The van der Waals surface area contributed by atoms with Gasteiger partial charge in [0.1, 0.15) is 24.7 Å². The molecule has 4 heterocycles. The Labute approximate surface area is 710 Å². The molecular weight excluding hydrogens is 1580 g/mol. The number of amides is 4. The summed E-state index contributed by atoms with van der Waals surface area (Å²) in [6, 6.07) is 35.6. The van der Waals surface area contributed by atoms with Gasteiger partial charge in [0.2, 0.25) is 0 Å². The fourth-order valence-corrected chi connectivity index (χ4v) is 23.2. The van der Waals surface area contributed by atoms with Gasteiger partial charge in [-0.25, -0.2) is 20.0 Å². The number of hydrogen-bond acceptors (Lipinski definition) is 20. The van der Waals surface area contributed by atoms with Crippen LogP contribution in [0.2, 0.25) is 20.1 Å². The molecule has 4 amide bonds. The van der Waals surface area contributed by atoms with Crippen LogP contribution < -0.4 is 32.4 Å². The van der Waals surface area contributed by atoms with Crippen molar-refractivity contribution < 1.29 is 57.1 Å². The zero-order chi connectivity index (χ0) is 83.8. The van der Waals surface area contributed by atoms with Crippen LogP contribution in [-0.4, -0.2) is 189 Å². The second-order valence-electron chi connectivity index (χ2n) is 34.1. The Hall–Kier alpha value is -8.40. The van der Waals surface area contributed by atoms with Crippen LogP contribution in [-0.2, 0) is 95.4 Å². The molecule has 8 spiro atoms. The van der Waals surface area contributed by atoms with Gasteiger partial charge in [0.25, 0.3) is 23.6 Å². The van der Waals surface area contributed by atoms with Crippen LogP contribution in [0.4, 0.5) is 0 Å². The number of guanidine groups is 4. The summed E-state index contributed by atoms with van der Waals surface area (Å²) in [6.45, 7) is 1.94. The summed E-state index contributed by atoms with van der Waals surface area (Å²) in [5.41, 5.74) is 31.9. The van der Waals surface area contributed by atoms with Gasteiger partial charge in [-0.3, -0.25) is 38.8 Å². The Balaban J connectivity index is 0.000000123. The van der Waals surface area contributed by atoms with Crippen molar-refractivity contribution in [2.45, 2.75) is 175 Å². The Bertz CT molecular complexity index is 4700. The number of carbonyl (C=O) groups excluding carboxylic acids is 4. The first-order valence-corrected chi connectivity index (χ1v) is 42.4. The summed E-state index contributed by atoms with van der Waals surface area (Å²) < 4.78 is 44.2. The summed E-state index contributed by atoms with van der Waals surface area (Å²) in [4.78, 5) is 80.0. The lowest BCUT2D eigenvalue weighted by Crippen LogP contribution is -2.51. The zero-order valence-corrected chi connectivity index (χ0v) is 72.0. The first-order chi connectivity index (χ1) is 56.5. The number of rotatable bonds is 14. The summed E-state index contributed by atoms with van der Waals surface area (Å²) >= 11 is 25.0. The van der Waals surface area contributed by atoms with E-state index in [0.717, 1.165) is 207 Å². The Morgan fingerprint density at radius 1 is 0.331 bits per heavy atom. The zero-order valence-electron chi connectivity index (χ0n) is 69.0. The third kappa shape index (κ3) is 13.8. The Kier molecular flexibility index (Phi) is 23.6. The molecule has 0 aromatic heterocycles. The molecule has 28 heteroatoms. The smallest absolute Gasteiger partial charge is 0.262 e. The van der Waals surface area contributed by atoms with E-state index in [1.807, 2.05) is 48.5 Å². The molecular formula is C90H108Cl4N12O12. The molecule has 628 valence electrons. The maximum Gasteiger partial charge on any atom is 0.262 e. The molecule has 0 radical (unpaired) electrons. The Morgan fingerprint density at radius 3 is 0.788 bits per heavy atom. The quantitative estimate of drug-likeness (QED) is 0.0737. The third-order valence-corrected chi connectivity index (χ3v) is 29.4. The van der Waals surface area contributed by atoms with Crippen molar-refractivity contribution in [3.05, 3.63) is 174 Å². The Morgan fingerprint density at radius 2 is 0.568 bits per heavy atom. The number of aliphatic imine (C=N–C) groups is 4. The van der Waals surface area contributed by atoms with Crippen molar-refractivity contribution in [3.63, 3.8) is 0 Å². The average molecular weight is 1690 g/mol. The van der Waals surface area contributed by atoms with Gasteiger partial charge in [0, 0.05) is 113 Å². The first kappa shape index (κ1) is 84.6. The maximum absolute atomic E-state index is 13.7. The normalized spacial score (nSPS) is 30.6. The number of ether oxygens (including phenoxy) is 8. The van der Waals surface area contributed by atoms with E-state index in [-0.39, 0.29) is 93.5 Å². The molecule has 0 saturated heterocycles. The predicted molar refractivity (Wildman–Crippen MR) is 457 cm³/mol. The highest BCUT2D eigenvalue weighted by molar-refractivity contribution is 6.35. The molecule has 8 N–H and O–H groups in total. The minimum absolute atomic E-state index is 0.0336. The second kappa shape index (κ2) is 32.9. The molecule has 8 aliphatic carbocycles. The number of carbonyl (C=O) groups is 4. The molecule has 0 bridgehead atoms. The van der Waals surface area contributed by atoms with E-state index < -0.39 is 22.2 Å².